The average molecular weight is 338 g/mol. The van der Waals surface area contributed by atoms with E-state index >= 15 is 0 Å². The van der Waals surface area contributed by atoms with Gasteiger partial charge >= 0.3 is 6.03 Å². The molecule has 0 aliphatic carbocycles. The highest BCUT2D eigenvalue weighted by Crippen LogP contribution is 2.12. The van der Waals surface area contributed by atoms with Crippen LogP contribution in [-0.4, -0.2) is 59.0 Å². The maximum Gasteiger partial charge on any atom is 0.317 e. The number of ether oxygens (including phenoxy) is 1. The second kappa shape index (κ2) is 9.03. The number of carbonyl (C=O) groups is 1. The lowest BCUT2D eigenvalue weighted by Crippen LogP contribution is -2.50. The summed E-state index contributed by atoms with van der Waals surface area (Å²) in [7, 11) is -0.921. The van der Waals surface area contributed by atoms with Crippen LogP contribution in [0.25, 0.3) is 0 Å². The van der Waals surface area contributed by atoms with Crippen LogP contribution >= 0.6 is 0 Å². The molecule has 2 rings (SSSR count). The van der Waals surface area contributed by atoms with Gasteiger partial charge in [0.15, 0.2) is 0 Å². The Bertz CT molecular complexity index is 524. The Kier molecular flexibility index (Phi) is 7.05. The largest absolute Gasteiger partial charge is 0.375 e. The fraction of sp³-hybridized carbons (Fsp3) is 0.588. The smallest absolute Gasteiger partial charge is 0.317 e. The van der Waals surface area contributed by atoms with E-state index in [-0.39, 0.29) is 17.4 Å². The minimum Gasteiger partial charge on any atom is -0.375 e. The molecule has 6 heteroatoms. The summed E-state index contributed by atoms with van der Waals surface area (Å²) in [4.78, 5) is 14.0. The first kappa shape index (κ1) is 17.9. The summed E-state index contributed by atoms with van der Waals surface area (Å²) in [6.45, 7) is 4.11. The lowest BCUT2D eigenvalue weighted by Gasteiger charge is -2.33. The molecule has 1 aliphatic heterocycles. The van der Waals surface area contributed by atoms with Crippen LogP contribution in [0.4, 0.5) is 4.79 Å². The number of rotatable bonds is 6. The molecule has 0 radical (unpaired) electrons. The summed E-state index contributed by atoms with van der Waals surface area (Å²) in [5, 5.41) is 2.83. The number of amides is 2. The normalized spacial score (nSPS) is 20.8. The first-order valence-corrected chi connectivity index (χ1v) is 9.69. The maximum atomic E-state index is 12.2. The van der Waals surface area contributed by atoms with Crippen LogP contribution in [0.1, 0.15) is 18.9 Å². The third kappa shape index (κ3) is 5.95. The summed E-state index contributed by atoms with van der Waals surface area (Å²) >= 11 is 0. The van der Waals surface area contributed by atoms with Crippen molar-refractivity contribution in [1.82, 2.24) is 10.2 Å². The van der Waals surface area contributed by atoms with E-state index in [9.17, 15) is 9.00 Å². The van der Waals surface area contributed by atoms with Crippen molar-refractivity contribution in [2.24, 2.45) is 0 Å². The van der Waals surface area contributed by atoms with Gasteiger partial charge in [0.2, 0.25) is 0 Å². The van der Waals surface area contributed by atoms with E-state index in [1.807, 2.05) is 25.1 Å². The van der Waals surface area contributed by atoms with E-state index in [1.165, 1.54) is 5.56 Å². The molecule has 0 saturated carbocycles. The van der Waals surface area contributed by atoms with Crippen LogP contribution < -0.4 is 5.32 Å². The molecule has 2 amide bonds. The van der Waals surface area contributed by atoms with Gasteiger partial charge in [0, 0.05) is 41.9 Å². The van der Waals surface area contributed by atoms with Gasteiger partial charge in [-0.3, -0.25) is 4.21 Å². The average Bonchev–Trinajstić information content (AvgIpc) is 2.58. The molecular weight excluding hydrogens is 312 g/mol. The summed E-state index contributed by atoms with van der Waals surface area (Å²) in [5.41, 5.74) is 1.29. The Labute approximate surface area is 140 Å². The van der Waals surface area contributed by atoms with Crippen LogP contribution in [0.3, 0.4) is 0 Å². The van der Waals surface area contributed by atoms with Gasteiger partial charge in [-0.1, -0.05) is 30.3 Å². The molecular formula is C17H26N2O3S. The fourth-order valence-electron chi connectivity index (χ4n) is 2.51. The van der Waals surface area contributed by atoms with Crippen molar-refractivity contribution in [3.63, 3.8) is 0 Å². The van der Waals surface area contributed by atoms with Gasteiger partial charge < -0.3 is 15.0 Å². The zero-order chi connectivity index (χ0) is 16.7. The van der Waals surface area contributed by atoms with E-state index in [0.717, 1.165) is 12.8 Å². The molecule has 3 atom stereocenters. The van der Waals surface area contributed by atoms with E-state index in [1.54, 1.807) is 11.2 Å². The van der Waals surface area contributed by atoms with Crippen LogP contribution in [0.2, 0.25) is 0 Å². The molecule has 1 aromatic carbocycles. The standard InChI is InChI=1S/C17H26N2O3S/c1-14(23(2)21)12-18-17(20)19-10-11-22-16(13-19)9-8-15-6-4-3-5-7-15/h3-7,14,16H,8-13H2,1-2H3,(H,18,20). The number of hydrogen-bond donors (Lipinski definition) is 1. The molecule has 1 fully saturated rings. The van der Waals surface area contributed by atoms with E-state index in [2.05, 4.69) is 17.4 Å². The zero-order valence-corrected chi connectivity index (χ0v) is 14.7. The summed E-state index contributed by atoms with van der Waals surface area (Å²) in [5.74, 6) is 0. The Hall–Kier alpha value is -1.40. The number of morpholine rings is 1. The molecule has 0 bridgehead atoms. The molecule has 5 nitrogen and oxygen atoms in total. The Balaban J connectivity index is 1.76. The molecule has 0 spiro atoms. The topological polar surface area (TPSA) is 58.6 Å². The van der Waals surface area contributed by atoms with Crippen LogP contribution in [0.15, 0.2) is 30.3 Å². The molecule has 3 unspecified atom stereocenters. The molecule has 0 aromatic heterocycles. The number of nitrogens with zero attached hydrogens (tertiary/aromatic N) is 1. The summed E-state index contributed by atoms with van der Waals surface area (Å²) in [6.07, 6.45) is 3.59. The number of benzene rings is 1. The second-order valence-electron chi connectivity index (χ2n) is 5.96. The summed E-state index contributed by atoms with van der Waals surface area (Å²) < 4.78 is 17.1. The predicted octanol–water partition coefficient (Wildman–Crippen LogP) is 1.80. The molecule has 1 aliphatic rings. The highest BCUT2D eigenvalue weighted by molar-refractivity contribution is 7.84. The van der Waals surface area contributed by atoms with Gasteiger partial charge in [-0.25, -0.2) is 4.79 Å². The Morgan fingerprint density at radius 3 is 2.87 bits per heavy atom. The van der Waals surface area contributed by atoms with E-state index < -0.39 is 10.8 Å². The first-order chi connectivity index (χ1) is 11.1. The van der Waals surface area contributed by atoms with Crippen molar-refractivity contribution in [2.45, 2.75) is 31.1 Å². The molecule has 23 heavy (non-hydrogen) atoms. The predicted molar refractivity (Wildman–Crippen MR) is 93.0 cm³/mol. The molecule has 1 N–H and O–H groups in total. The van der Waals surface area contributed by atoms with Gasteiger partial charge in [0.05, 0.1) is 12.7 Å². The highest BCUT2D eigenvalue weighted by atomic mass is 32.2. The monoisotopic (exact) mass is 338 g/mol. The number of urea groups is 1. The van der Waals surface area contributed by atoms with Gasteiger partial charge in [-0.15, -0.1) is 0 Å². The van der Waals surface area contributed by atoms with Crippen molar-refractivity contribution in [3.05, 3.63) is 35.9 Å². The van der Waals surface area contributed by atoms with Crippen LogP contribution in [-0.2, 0) is 22.0 Å². The lowest BCUT2D eigenvalue weighted by atomic mass is 10.1. The Morgan fingerprint density at radius 2 is 2.17 bits per heavy atom. The highest BCUT2D eigenvalue weighted by Gasteiger charge is 2.24. The molecule has 1 heterocycles. The fourth-order valence-corrected chi connectivity index (χ4v) is 2.83. The third-order valence-electron chi connectivity index (χ3n) is 4.13. The minimum atomic E-state index is -0.921. The number of hydrogen-bond acceptors (Lipinski definition) is 3. The van der Waals surface area contributed by atoms with Crippen molar-refractivity contribution < 1.29 is 13.7 Å². The van der Waals surface area contributed by atoms with Crippen LogP contribution in [0, 0.1) is 0 Å². The first-order valence-electron chi connectivity index (χ1n) is 8.07. The number of aryl methyl sites for hydroxylation is 1. The van der Waals surface area contributed by atoms with E-state index in [0.29, 0.717) is 26.2 Å². The minimum absolute atomic E-state index is 0.0335. The SMILES string of the molecule is CC(CNC(=O)N1CCOC(CCc2ccccc2)C1)S(C)=O. The third-order valence-corrected chi connectivity index (χ3v) is 5.43. The van der Waals surface area contributed by atoms with Gasteiger partial charge in [-0.05, 0) is 25.3 Å². The summed E-state index contributed by atoms with van der Waals surface area (Å²) in [6, 6.07) is 10.2. The quantitative estimate of drug-likeness (QED) is 0.860. The molecule has 1 aromatic rings. The lowest BCUT2D eigenvalue weighted by molar-refractivity contribution is -0.0175. The van der Waals surface area contributed by atoms with E-state index in [4.69, 9.17) is 4.74 Å². The van der Waals surface area contributed by atoms with Crippen molar-refractivity contribution in [1.29, 1.82) is 0 Å². The second-order valence-corrected chi connectivity index (χ2v) is 7.76. The van der Waals surface area contributed by atoms with Crippen molar-refractivity contribution in [2.75, 3.05) is 32.5 Å². The molecule has 1 saturated heterocycles. The number of nitrogens with one attached hydrogen (secondary N) is 1. The van der Waals surface area contributed by atoms with Crippen molar-refractivity contribution in [3.8, 4) is 0 Å². The zero-order valence-electron chi connectivity index (χ0n) is 13.9. The van der Waals surface area contributed by atoms with Crippen LogP contribution in [0.5, 0.6) is 0 Å². The van der Waals surface area contributed by atoms with Gasteiger partial charge in [0.1, 0.15) is 0 Å². The van der Waals surface area contributed by atoms with Gasteiger partial charge in [0.25, 0.3) is 0 Å². The molecule has 128 valence electrons. The Morgan fingerprint density at radius 1 is 1.43 bits per heavy atom. The van der Waals surface area contributed by atoms with Crippen molar-refractivity contribution >= 4 is 16.8 Å². The number of carbonyl (C=O) groups excluding carboxylic acids is 1. The maximum absolute atomic E-state index is 12.2. The van der Waals surface area contributed by atoms with Gasteiger partial charge in [-0.2, -0.15) is 0 Å².